The fourth-order valence-corrected chi connectivity index (χ4v) is 2.39. The number of carbonyl (C=O) groups excluding carboxylic acids is 1. The fourth-order valence-electron chi connectivity index (χ4n) is 1.60. The van der Waals surface area contributed by atoms with Crippen LogP contribution in [0.3, 0.4) is 0 Å². The summed E-state index contributed by atoms with van der Waals surface area (Å²) in [6, 6.07) is 4.77. The van der Waals surface area contributed by atoms with Crippen LogP contribution in [0.15, 0.2) is 24.4 Å². The van der Waals surface area contributed by atoms with Gasteiger partial charge in [-0.05, 0) is 24.6 Å². The highest BCUT2D eigenvalue weighted by Gasteiger charge is 2.12. The Morgan fingerprint density at radius 1 is 1.35 bits per heavy atom. The van der Waals surface area contributed by atoms with Crippen molar-refractivity contribution in [1.82, 2.24) is 4.90 Å². The average Bonchev–Trinajstić information content (AvgIpc) is 2.27. The van der Waals surface area contributed by atoms with Gasteiger partial charge in [-0.25, -0.2) is 8.42 Å². The van der Waals surface area contributed by atoms with Crippen molar-refractivity contribution in [1.29, 1.82) is 0 Å². The molecule has 0 fully saturated rings. The Morgan fingerprint density at radius 2 is 1.95 bits per heavy atom. The van der Waals surface area contributed by atoms with Gasteiger partial charge in [-0.3, -0.25) is 9.52 Å². The number of anilines is 1. The molecule has 0 saturated heterocycles. The molecule has 20 heavy (non-hydrogen) atoms. The molecule has 0 amide bonds. The Bertz CT molecular complexity index is 652. The SMILES string of the molecule is CC(=O)/C(=C/N(C)C)c1ccc(Cl)c(NS(C)(=O)=O)c1. The van der Waals surface area contributed by atoms with Gasteiger partial charge in [-0.2, -0.15) is 0 Å². The van der Waals surface area contributed by atoms with Gasteiger partial charge in [0.15, 0.2) is 5.78 Å². The van der Waals surface area contributed by atoms with Crippen LogP contribution in [0, 0.1) is 0 Å². The Morgan fingerprint density at radius 3 is 2.40 bits per heavy atom. The minimum absolute atomic E-state index is 0.119. The van der Waals surface area contributed by atoms with Gasteiger partial charge in [0.05, 0.1) is 17.0 Å². The number of nitrogens with one attached hydrogen (secondary N) is 1. The number of carbonyl (C=O) groups is 1. The molecule has 0 aliphatic carbocycles. The van der Waals surface area contributed by atoms with E-state index in [1.165, 1.54) is 6.92 Å². The number of Topliss-reactive ketones (excluding diaryl/α,β-unsaturated/α-hetero) is 1. The zero-order chi connectivity index (χ0) is 15.5. The van der Waals surface area contributed by atoms with Crippen molar-refractivity contribution in [2.24, 2.45) is 0 Å². The minimum Gasteiger partial charge on any atom is -0.383 e. The zero-order valence-corrected chi connectivity index (χ0v) is 13.3. The van der Waals surface area contributed by atoms with Crippen molar-refractivity contribution in [3.63, 3.8) is 0 Å². The molecule has 0 atom stereocenters. The van der Waals surface area contributed by atoms with E-state index in [0.717, 1.165) is 6.26 Å². The first kappa shape index (κ1) is 16.5. The van der Waals surface area contributed by atoms with E-state index in [1.54, 1.807) is 43.4 Å². The highest BCUT2D eigenvalue weighted by Crippen LogP contribution is 2.27. The maximum atomic E-state index is 11.7. The lowest BCUT2D eigenvalue weighted by atomic mass is 10.0. The first-order valence-electron chi connectivity index (χ1n) is 5.77. The molecule has 0 aromatic heterocycles. The summed E-state index contributed by atoms with van der Waals surface area (Å²) >= 11 is 5.95. The summed E-state index contributed by atoms with van der Waals surface area (Å²) in [6.07, 6.45) is 2.72. The number of benzene rings is 1. The Balaban J connectivity index is 3.33. The lowest BCUT2D eigenvalue weighted by molar-refractivity contribution is -0.111. The molecule has 1 rings (SSSR count). The van der Waals surface area contributed by atoms with Crippen LogP contribution in [0.5, 0.6) is 0 Å². The van der Waals surface area contributed by atoms with E-state index in [1.807, 2.05) is 0 Å². The van der Waals surface area contributed by atoms with Crippen LogP contribution >= 0.6 is 11.6 Å². The maximum Gasteiger partial charge on any atom is 0.229 e. The van der Waals surface area contributed by atoms with Crippen molar-refractivity contribution < 1.29 is 13.2 Å². The number of hydrogen-bond acceptors (Lipinski definition) is 4. The van der Waals surface area contributed by atoms with Crippen LogP contribution in [0.4, 0.5) is 5.69 Å². The zero-order valence-electron chi connectivity index (χ0n) is 11.8. The normalized spacial score (nSPS) is 12.2. The third-order valence-corrected chi connectivity index (χ3v) is 3.26. The van der Waals surface area contributed by atoms with Crippen LogP contribution in [0.2, 0.25) is 5.02 Å². The molecule has 0 bridgehead atoms. The van der Waals surface area contributed by atoms with E-state index in [-0.39, 0.29) is 16.5 Å². The number of ketones is 1. The summed E-state index contributed by atoms with van der Waals surface area (Å²) in [5.74, 6) is -0.119. The van der Waals surface area contributed by atoms with Gasteiger partial charge in [0.2, 0.25) is 10.0 Å². The Hall–Kier alpha value is -1.53. The highest BCUT2D eigenvalue weighted by molar-refractivity contribution is 7.92. The molecule has 0 heterocycles. The molecule has 1 N–H and O–H groups in total. The summed E-state index contributed by atoms with van der Waals surface area (Å²) < 4.78 is 24.9. The standard InChI is InChI=1S/C13H17ClN2O3S/c1-9(17)11(8-16(2)3)10-5-6-12(14)13(7-10)15-20(4,18)19/h5-8,15H,1-4H3/b11-8-. The van der Waals surface area contributed by atoms with E-state index in [2.05, 4.69) is 4.72 Å². The molecular weight excluding hydrogens is 300 g/mol. The molecule has 0 saturated carbocycles. The molecule has 1 aromatic carbocycles. The molecule has 5 nitrogen and oxygen atoms in total. The van der Waals surface area contributed by atoms with Crippen molar-refractivity contribution >= 4 is 38.7 Å². The molecular formula is C13H17ClN2O3S. The van der Waals surface area contributed by atoms with E-state index in [9.17, 15) is 13.2 Å². The molecule has 0 aliphatic rings. The molecule has 0 aliphatic heterocycles. The topological polar surface area (TPSA) is 66.5 Å². The Labute approximate surface area is 124 Å². The molecule has 0 radical (unpaired) electrons. The number of sulfonamides is 1. The highest BCUT2D eigenvalue weighted by atomic mass is 35.5. The monoisotopic (exact) mass is 316 g/mol. The number of allylic oxidation sites excluding steroid dienone is 1. The van der Waals surface area contributed by atoms with Gasteiger partial charge in [-0.15, -0.1) is 0 Å². The molecule has 1 aromatic rings. The van der Waals surface area contributed by atoms with E-state index >= 15 is 0 Å². The average molecular weight is 317 g/mol. The van der Waals surface area contributed by atoms with Crippen LogP contribution in [0.1, 0.15) is 12.5 Å². The van der Waals surface area contributed by atoms with Gasteiger partial charge in [0.1, 0.15) is 0 Å². The van der Waals surface area contributed by atoms with E-state index < -0.39 is 10.0 Å². The third-order valence-electron chi connectivity index (χ3n) is 2.34. The largest absolute Gasteiger partial charge is 0.383 e. The van der Waals surface area contributed by atoms with Gasteiger partial charge in [0.25, 0.3) is 0 Å². The molecule has 7 heteroatoms. The second kappa shape index (κ2) is 6.28. The summed E-state index contributed by atoms with van der Waals surface area (Å²) in [7, 11) is 0.166. The summed E-state index contributed by atoms with van der Waals surface area (Å²) in [6.45, 7) is 1.45. The van der Waals surface area contributed by atoms with Crippen LogP contribution in [-0.2, 0) is 14.8 Å². The smallest absolute Gasteiger partial charge is 0.229 e. The lowest BCUT2D eigenvalue weighted by Gasteiger charge is -2.12. The number of rotatable bonds is 5. The quantitative estimate of drug-likeness (QED) is 0.846. The van der Waals surface area contributed by atoms with Crippen molar-refractivity contribution in [3.8, 4) is 0 Å². The predicted octanol–water partition coefficient (Wildman–Crippen LogP) is 2.20. The van der Waals surface area contributed by atoms with Crippen LogP contribution < -0.4 is 4.72 Å². The predicted molar refractivity (Wildman–Crippen MR) is 82.3 cm³/mol. The van der Waals surface area contributed by atoms with Gasteiger partial charge >= 0.3 is 0 Å². The van der Waals surface area contributed by atoms with Gasteiger partial charge < -0.3 is 4.90 Å². The van der Waals surface area contributed by atoms with Crippen LogP contribution in [0.25, 0.3) is 5.57 Å². The van der Waals surface area contributed by atoms with Crippen molar-refractivity contribution in [2.75, 3.05) is 25.1 Å². The van der Waals surface area contributed by atoms with Crippen molar-refractivity contribution in [3.05, 3.63) is 35.0 Å². The van der Waals surface area contributed by atoms with Gasteiger partial charge in [0, 0.05) is 25.9 Å². The summed E-state index contributed by atoms with van der Waals surface area (Å²) in [5, 5.41) is 0.270. The third kappa shape index (κ3) is 4.86. The number of nitrogens with zero attached hydrogens (tertiary/aromatic N) is 1. The molecule has 0 unspecified atom stereocenters. The maximum absolute atomic E-state index is 11.7. The summed E-state index contributed by atoms with van der Waals surface area (Å²) in [4.78, 5) is 13.4. The fraction of sp³-hybridized carbons (Fsp3) is 0.308. The van der Waals surface area contributed by atoms with E-state index in [0.29, 0.717) is 11.1 Å². The van der Waals surface area contributed by atoms with Crippen molar-refractivity contribution in [2.45, 2.75) is 6.92 Å². The second-order valence-corrected chi connectivity index (χ2v) is 6.79. The first-order chi connectivity index (χ1) is 9.10. The van der Waals surface area contributed by atoms with Gasteiger partial charge in [-0.1, -0.05) is 17.7 Å². The molecule has 0 spiro atoms. The van der Waals surface area contributed by atoms with Crippen LogP contribution in [-0.4, -0.2) is 39.5 Å². The number of halogens is 1. The lowest BCUT2D eigenvalue weighted by Crippen LogP contribution is -2.11. The van der Waals surface area contributed by atoms with E-state index in [4.69, 9.17) is 11.6 Å². The minimum atomic E-state index is -3.43. The Kier molecular flexibility index (Phi) is 5.19. The summed E-state index contributed by atoms with van der Waals surface area (Å²) in [5.41, 5.74) is 1.32. The second-order valence-electron chi connectivity index (χ2n) is 4.63. The molecule has 110 valence electrons. The first-order valence-corrected chi connectivity index (χ1v) is 8.04. The number of hydrogen-bond donors (Lipinski definition) is 1.